The summed E-state index contributed by atoms with van der Waals surface area (Å²) in [6.07, 6.45) is 2.40. The molecule has 3 rings (SSSR count). The molecule has 138 valence electrons. The lowest BCUT2D eigenvalue weighted by Crippen LogP contribution is -2.41. The van der Waals surface area contributed by atoms with Crippen LogP contribution in [0.5, 0.6) is 0 Å². The molecule has 3 N–H and O–H groups in total. The first-order valence-electron chi connectivity index (χ1n) is 9.13. The molecule has 2 aromatic carbocycles. The van der Waals surface area contributed by atoms with Crippen LogP contribution in [0.2, 0.25) is 0 Å². The lowest BCUT2D eigenvalue weighted by atomic mass is 9.96. The zero-order chi connectivity index (χ0) is 18.4. The van der Waals surface area contributed by atoms with Crippen molar-refractivity contribution in [1.82, 2.24) is 10.6 Å². The average molecular weight is 416 g/mol. The molecule has 1 fully saturated rings. The molecule has 1 aliphatic carbocycles. The SMILES string of the molecule is CCNC(=NCc1ccccc1CO)NCC1(c2cccc(Br)c2)CC1. The van der Waals surface area contributed by atoms with Crippen LogP contribution >= 0.6 is 15.9 Å². The standard InChI is InChI=1S/C21H26BrN3O/c1-2-23-20(24-13-16-6-3-4-7-17(16)14-26)25-15-21(10-11-21)18-8-5-9-19(22)12-18/h3-9,12,26H,2,10-11,13-15H2,1H3,(H2,23,24,25). The Morgan fingerprint density at radius 3 is 2.54 bits per heavy atom. The van der Waals surface area contributed by atoms with Gasteiger partial charge in [0, 0.05) is 23.0 Å². The van der Waals surface area contributed by atoms with Crippen LogP contribution in [0.1, 0.15) is 36.5 Å². The second-order valence-corrected chi connectivity index (χ2v) is 7.68. The van der Waals surface area contributed by atoms with Gasteiger partial charge in [-0.2, -0.15) is 0 Å². The second-order valence-electron chi connectivity index (χ2n) is 6.77. The van der Waals surface area contributed by atoms with Gasteiger partial charge in [-0.1, -0.05) is 52.3 Å². The highest BCUT2D eigenvalue weighted by Crippen LogP contribution is 2.48. The molecule has 0 unspecified atom stereocenters. The highest BCUT2D eigenvalue weighted by molar-refractivity contribution is 9.10. The van der Waals surface area contributed by atoms with E-state index < -0.39 is 0 Å². The van der Waals surface area contributed by atoms with Gasteiger partial charge in [0.2, 0.25) is 0 Å². The Balaban J connectivity index is 1.67. The molecule has 5 heteroatoms. The van der Waals surface area contributed by atoms with Crippen molar-refractivity contribution in [3.63, 3.8) is 0 Å². The van der Waals surface area contributed by atoms with E-state index in [1.807, 2.05) is 24.3 Å². The fourth-order valence-electron chi connectivity index (χ4n) is 3.16. The molecule has 0 spiro atoms. The number of hydrogen-bond donors (Lipinski definition) is 3. The fraction of sp³-hybridized carbons (Fsp3) is 0.381. The van der Waals surface area contributed by atoms with Gasteiger partial charge in [0.05, 0.1) is 13.2 Å². The van der Waals surface area contributed by atoms with Crippen LogP contribution in [0.25, 0.3) is 0 Å². The molecule has 26 heavy (non-hydrogen) atoms. The lowest BCUT2D eigenvalue weighted by Gasteiger charge is -2.19. The first kappa shape index (κ1) is 18.9. The Kier molecular flexibility index (Phi) is 6.33. The van der Waals surface area contributed by atoms with E-state index in [9.17, 15) is 5.11 Å². The molecule has 0 aliphatic heterocycles. The predicted molar refractivity (Wildman–Crippen MR) is 110 cm³/mol. The van der Waals surface area contributed by atoms with Crippen molar-refractivity contribution in [1.29, 1.82) is 0 Å². The highest BCUT2D eigenvalue weighted by atomic mass is 79.9. The summed E-state index contributed by atoms with van der Waals surface area (Å²) in [6.45, 7) is 4.35. The number of rotatable bonds is 7. The van der Waals surface area contributed by atoms with Crippen molar-refractivity contribution in [3.8, 4) is 0 Å². The Labute approximate surface area is 163 Å². The molecular weight excluding hydrogens is 390 g/mol. The van der Waals surface area contributed by atoms with Crippen molar-refractivity contribution in [2.24, 2.45) is 4.99 Å². The topological polar surface area (TPSA) is 56.7 Å². The number of aliphatic hydroxyl groups excluding tert-OH is 1. The first-order valence-corrected chi connectivity index (χ1v) is 9.92. The van der Waals surface area contributed by atoms with E-state index in [1.54, 1.807) is 0 Å². The zero-order valence-corrected chi connectivity index (χ0v) is 16.7. The van der Waals surface area contributed by atoms with Crippen LogP contribution in [0.4, 0.5) is 0 Å². The van der Waals surface area contributed by atoms with Gasteiger partial charge in [-0.05, 0) is 48.6 Å². The van der Waals surface area contributed by atoms with E-state index in [2.05, 4.69) is 57.8 Å². The Morgan fingerprint density at radius 2 is 1.88 bits per heavy atom. The minimum atomic E-state index is 0.0433. The van der Waals surface area contributed by atoms with Crippen molar-refractivity contribution in [2.75, 3.05) is 13.1 Å². The number of nitrogens with zero attached hydrogens (tertiary/aromatic N) is 1. The average Bonchev–Trinajstić information content (AvgIpc) is 3.45. The van der Waals surface area contributed by atoms with Crippen LogP contribution in [0, 0.1) is 0 Å². The van der Waals surface area contributed by atoms with Gasteiger partial charge < -0.3 is 15.7 Å². The Bertz CT molecular complexity index is 771. The molecule has 1 aliphatic rings. The van der Waals surface area contributed by atoms with Crippen LogP contribution in [0.15, 0.2) is 58.0 Å². The zero-order valence-electron chi connectivity index (χ0n) is 15.1. The maximum atomic E-state index is 9.47. The molecule has 1 saturated carbocycles. The maximum Gasteiger partial charge on any atom is 0.191 e. The third-order valence-electron chi connectivity index (χ3n) is 4.93. The molecule has 0 aromatic heterocycles. The number of hydrogen-bond acceptors (Lipinski definition) is 2. The highest BCUT2D eigenvalue weighted by Gasteiger charge is 2.44. The smallest absolute Gasteiger partial charge is 0.191 e. The lowest BCUT2D eigenvalue weighted by molar-refractivity contribution is 0.280. The molecule has 0 radical (unpaired) electrons. The number of halogens is 1. The predicted octanol–water partition coefficient (Wildman–Crippen LogP) is 3.73. The van der Waals surface area contributed by atoms with Crippen molar-refractivity contribution in [3.05, 3.63) is 69.7 Å². The van der Waals surface area contributed by atoms with Crippen molar-refractivity contribution in [2.45, 2.75) is 38.3 Å². The second kappa shape index (κ2) is 8.69. The van der Waals surface area contributed by atoms with E-state index >= 15 is 0 Å². The molecule has 0 bridgehead atoms. The molecule has 4 nitrogen and oxygen atoms in total. The van der Waals surface area contributed by atoms with E-state index in [0.717, 1.165) is 34.6 Å². The van der Waals surface area contributed by atoms with E-state index in [0.29, 0.717) is 6.54 Å². The van der Waals surface area contributed by atoms with Crippen LogP contribution in [0.3, 0.4) is 0 Å². The third-order valence-corrected chi connectivity index (χ3v) is 5.42. The number of aliphatic imine (C=N–C) groups is 1. The number of nitrogens with one attached hydrogen (secondary N) is 2. The summed E-state index contributed by atoms with van der Waals surface area (Å²) >= 11 is 3.57. The third kappa shape index (κ3) is 4.65. The summed E-state index contributed by atoms with van der Waals surface area (Å²) < 4.78 is 1.13. The van der Waals surface area contributed by atoms with E-state index in [4.69, 9.17) is 4.99 Å². The fourth-order valence-corrected chi connectivity index (χ4v) is 3.56. The molecule has 0 atom stereocenters. The van der Waals surface area contributed by atoms with Crippen LogP contribution in [-0.2, 0) is 18.6 Å². The van der Waals surface area contributed by atoms with Crippen LogP contribution in [-0.4, -0.2) is 24.2 Å². The summed E-state index contributed by atoms with van der Waals surface area (Å²) in [5, 5.41) is 16.3. The molecule has 0 saturated heterocycles. The minimum Gasteiger partial charge on any atom is -0.392 e. The number of guanidine groups is 1. The van der Waals surface area contributed by atoms with Crippen molar-refractivity contribution >= 4 is 21.9 Å². The monoisotopic (exact) mass is 415 g/mol. The van der Waals surface area contributed by atoms with Gasteiger partial charge in [0.1, 0.15) is 0 Å². The maximum absolute atomic E-state index is 9.47. The summed E-state index contributed by atoms with van der Waals surface area (Å²) in [4.78, 5) is 4.71. The largest absolute Gasteiger partial charge is 0.392 e. The van der Waals surface area contributed by atoms with E-state index in [1.165, 1.54) is 18.4 Å². The molecular formula is C21H26BrN3O. The van der Waals surface area contributed by atoms with Crippen LogP contribution < -0.4 is 10.6 Å². The van der Waals surface area contributed by atoms with Gasteiger partial charge >= 0.3 is 0 Å². The van der Waals surface area contributed by atoms with Gasteiger partial charge in [-0.3, -0.25) is 0 Å². The number of benzene rings is 2. The normalized spacial score (nSPS) is 15.6. The summed E-state index contributed by atoms with van der Waals surface area (Å²) in [6, 6.07) is 16.5. The molecule has 2 aromatic rings. The van der Waals surface area contributed by atoms with Gasteiger partial charge in [0.15, 0.2) is 5.96 Å². The van der Waals surface area contributed by atoms with Gasteiger partial charge in [-0.25, -0.2) is 4.99 Å². The van der Waals surface area contributed by atoms with Gasteiger partial charge in [-0.15, -0.1) is 0 Å². The summed E-state index contributed by atoms with van der Waals surface area (Å²) in [5.74, 6) is 0.821. The number of aliphatic hydroxyl groups is 1. The molecule has 0 amide bonds. The summed E-state index contributed by atoms with van der Waals surface area (Å²) in [5.41, 5.74) is 3.57. The van der Waals surface area contributed by atoms with E-state index in [-0.39, 0.29) is 12.0 Å². The Morgan fingerprint density at radius 1 is 1.12 bits per heavy atom. The quantitative estimate of drug-likeness (QED) is 0.476. The van der Waals surface area contributed by atoms with Gasteiger partial charge in [0.25, 0.3) is 0 Å². The first-order chi connectivity index (χ1) is 12.7. The minimum absolute atomic E-state index is 0.0433. The van der Waals surface area contributed by atoms with Crippen molar-refractivity contribution < 1.29 is 5.11 Å². The summed E-state index contributed by atoms with van der Waals surface area (Å²) in [7, 11) is 0. The Hall–Kier alpha value is -1.85. The molecule has 0 heterocycles.